The first kappa shape index (κ1) is 14.5. The highest BCUT2D eigenvalue weighted by atomic mass is 16.5. The molecule has 4 heteroatoms. The number of ketones is 1. The highest BCUT2D eigenvalue weighted by Gasteiger charge is 2.03. The van der Waals surface area contributed by atoms with Gasteiger partial charge < -0.3 is 14.6 Å². The summed E-state index contributed by atoms with van der Waals surface area (Å²) in [7, 11) is 1.54. The van der Waals surface area contributed by atoms with Crippen LogP contribution < -0.4 is 9.84 Å². The summed E-state index contributed by atoms with van der Waals surface area (Å²) >= 11 is 0. The first-order chi connectivity index (χ1) is 10.1. The van der Waals surface area contributed by atoms with E-state index in [2.05, 4.69) is 0 Å². The average molecular weight is 281 g/mol. The maximum atomic E-state index is 12.0. The van der Waals surface area contributed by atoms with E-state index >= 15 is 0 Å². The number of benzene rings is 2. The lowest BCUT2D eigenvalue weighted by molar-refractivity contribution is -0.255. The van der Waals surface area contributed by atoms with E-state index in [1.165, 1.54) is 25.3 Å². The van der Waals surface area contributed by atoms with E-state index < -0.39 is 5.97 Å². The summed E-state index contributed by atoms with van der Waals surface area (Å²) in [6, 6.07) is 13.0. The predicted molar refractivity (Wildman–Crippen MR) is 77.1 cm³/mol. The van der Waals surface area contributed by atoms with Crippen LogP contribution in [0.25, 0.3) is 6.08 Å². The Morgan fingerprint density at radius 3 is 2.38 bits per heavy atom. The SMILES string of the molecule is COc1cccc(C(=O)/C=C/c2ccc(C(=O)[O-])cc2)c1. The van der Waals surface area contributed by atoms with Gasteiger partial charge in [-0.15, -0.1) is 0 Å². The standard InChI is InChI=1S/C17H14O4/c1-21-15-4-2-3-14(11-15)16(18)10-7-12-5-8-13(9-6-12)17(19)20/h2-11H,1H3,(H,19,20)/p-1/b10-7+. The first-order valence-corrected chi connectivity index (χ1v) is 6.28. The third-order valence-corrected chi connectivity index (χ3v) is 2.93. The summed E-state index contributed by atoms with van der Waals surface area (Å²) in [6.07, 6.45) is 3.06. The smallest absolute Gasteiger partial charge is 0.185 e. The number of ether oxygens (including phenoxy) is 1. The Balaban J connectivity index is 2.12. The van der Waals surface area contributed by atoms with Gasteiger partial charge in [-0.2, -0.15) is 0 Å². The van der Waals surface area contributed by atoms with Crippen LogP contribution in [-0.2, 0) is 0 Å². The lowest BCUT2D eigenvalue weighted by Crippen LogP contribution is -2.21. The van der Waals surface area contributed by atoms with Gasteiger partial charge in [0.25, 0.3) is 0 Å². The zero-order chi connectivity index (χ0) is 15.2. The number of carboxylic acids is 1. The van der Waals surface area contributed by atoms with Gasteiger partial charge in [-0.25, -0.2) is 0 Å². The van der Waals surface area contributed by atoms with Gasteiger partial charge in [-0.1, -0.05) is 42.5 Å². The molecule has 0 aliphatic rings. The van der Waals surface area contributed by atoms with Crippen LogP contribution in [0.3, 0.4) is 0 Å². The van der Waals surface area contributed by atoms with Crippen LogP contribution in [0.15, 0.2) is 54.6 Å². The van der Waals surface area contributed by atoms with Crippen molar-refractivity contribution in [2.75, 3.05) is 7.11 Å². The Morgan fingerprint density at radius 1 is 1.05 bits per heavy atom. The molecule has 0 aliphatic heterocycles. The van der Waals surface area contributed by atoms with E-state index in [1.54, 1.807) is 42.5 Å². The highest BCUT2D eigenvalue weighted by molar-refractivity contribution is 6.07. The first-order valence-electron chi connectivity index (χ1n) is 6.28. The number of allylic oxidation sites excluding steroid dienone is 1. The van der Waals surface area contributed by atoms with Gasteiger partial charge in [0.05, 0.1) is 13.1 Å². The van der Waals surface area contributed by atoms with Crippen molar-refractivity contribution in [3.05, 3.63) is 71.3 Å². The molecule has 2 rings (SSSR count). The van der Waals surface area contributed by atoms with Crippen molar-refractivity contribution in [1.82, 2.24) is 0 Å². The van der Waals surface area contributed by atoms with Crippen LogP contribution in [-0.4, -0.2) is 18.9 Å². The number of aromatic carboxylic acids is 1. The molecule has 0 spiro atoms. The monoisotopic (exact) mass is 281 g/mol. The molecule has 0 saturated carbocycles. The van der Waals surface area contributed by atoms with Crippen LogP contribution in [0.1, 0.15) is 26.3 Å². The van der Waals surface area contributed by atoms with E-state index in [0.29, 0.717) is 11.3 Å². The molecule has 2 aromatic rings. The fourth-order valence-corrected chi connectivity index (χ4v) is 1.77. The number of rotatable bonds is 5. The third kappa shape index (κ3) is 3.79. The Kier molecular flexibility index (Phi) is 4.51. The van der Waals surface area contributed by atoms with E-state index in [-0.39, 0.29) is 11.3 Å². The fraction of sp³-hybridized carbons (Fsp3) is 0.0588. The molecule has 0 radical (unpaired) electrons. The molecule has 0 heterocycles. The molecule has 0 amide bonds. The molecule has 0 bridgehead atoms. The van der Waals surface area contributed by atoms with E-state index in [0.717, 1.165) is 5.56 Å². The van der Waals surface area contributed by atoms with Crippen LogP contribution in [0.5, 0.6) is 5.75 Å². The van der Waals surface area contributed by atoms with Crippen LogP contribution >= 0.6 is 0 Å². The van der Waals surface area contributed by atoms with Crippen LogP contribution in [0.4, 0.5) is 0 Å². The zero-order valence-corrected chi connectivity index (χ0v) is 11.4. The number of carbonyl (C=O) groups is 2. The largest absolute Gasteiger partial charge is 0.545 e. The van der Waals surface area contributed by atoms with Gasteiger partial charge in [0.15, 0.2) is 5.78 Å². The maximum Gasteiger partial charge on any atom is 0.185 e. The molecule has 21 heavy (non-hydrogen) atoms. The number of carbonyl (C=O) groups excluding carboxylic acids is 2. The van der Waals surface area contributed by atoms with Crippen molar-refractivity contribution in [2.24, 2.45) is 0 Å². The Morgan fingerprint density at radius 2 is 1.76 bits per heavy atom. The van der Waals surface area contributed by atoms with Gasteiger partial charge in [0.2, 0.25) is 0 Å². The molecular formula is C17H13O4-. The van der Waals surface area contributed by atoms with Crippen molar-refractivity contribution in [2.45, 2.75) is 0 Å². The Hall–Kier alpha value is -2.88. The normalized spacial score (nSPS) is 10.5. The third-order valence-electron chi connectivity index (χ3n) is 2.93. The molecule has 0 fully saturated rings. The molecular weight excluding hydrogens is 268 g/mol. The second-order valence-corrected chi connectivity index (χ2v) is 4.34. The van der Waals surface area contributed by atoms with E-state index in [9.17, 15) is 14.7 Å². The Bertz CT molecular complexity index is 684. The molecule has 0 N–H and O–H groups in total. The van der Waals surface area contributed by atoms with Gasteiger partial charge >= 0.3 is 0 Å². The summed E-state index contributed by atoms with van der Waals surface area (Å²) in [5.74, 6) is -0.761. The quantitative estimate of drug-likeness (QED) is 0.620. The van der Waals surface area contributed by atoms with Gasteiger partial charge in [0.1, 0.15) is 5.75 Å². The molecule has 0 unspecified atom stereocenters. The van der Waals surface area contributed by atoms with E-state index in [1.807, 2.05) is 0 Å². The lowest BCUT2D eigenvalue weighted by atomic mass is 10.1. The highest BCUT2D eigenvalue weighted by Crippen LogP contribution is 2.14. The fourth-order valence-electron chi connectivity index (χ4n) is 1.77. The summed E-state index contributed by atoms with van der Waals surface area (Å²) in [5, 5.41) is 10.6. The topological polar surface area (TPSA) is 66.4 Å². The minimum Gasteiger partial charge on any atom is -0.545 e. The number of carboxylic acid groups (broad SMARTS) is 1. The van der Waals surface area contributed by atoms with Gasteiger partial charge in [-0.3, -0.25) is 4.79 Å². The van der Waals surface area contributed by atoms with Crippen molar-refractivity contribution in [3.63, 3.8) is 0 Å². The molecule has 106 valence electrons. The zero-order valence-electron chi connectivity index (χ0n) is 11.4. The lowest BCUT2D eigenvalue weighted by Gasteiger charge is -2.02. The average Bonchev–Trinajstić information content (AvgIpc) is 2.53. The van der Waals surface area contributed by atoms with Crippen LogP contribution in [0, 0.1) is 0 Å². The number of hydrogen-bond acceptors (Lipinski definition) is 4. The second kappa shape index (κ2) is 6.52. The molecule has 2 aromatic carbocycles. The Labute approximate surface area is 122 Å². The number of hydrogen-bond donors (Lipinski definition) is 0. The van der Waals surface area contributed by atoms with Crippen LogP contribution in [0.2, 0.25) is 0 Å². The van der Waals surface area contributed by atoms with Crippen molar-refractivity contribution < 1.29 is 19.4 Å². The van der Waals surface area contributed by atoms with E-state index in [4.69, 9.17) is 4.74 Å². The molecule has 0 saturated heterocycles. The predicted octanol–water partition coefficient (Wildman–Crippen LogP) is 1.95. The maximum absolute atomic E-state index is 12.0. The molecule has 0 atom stereocenters. The summed E-state index contributed by atoms with van der Waals surface area (Å²) in [5.41, 5.74) is 1.36. The molecule has 0 aliphatic carbocycles. The minimum atomic E-state index is -1.22. The summed E-state index contributed by atoms with van der Waals surface area (Å²) in [6.45, 7) is 0. The van der Waals surface area contributed by atoms with Gasteiger partial charge in [-0.05, 0) is 29.3 Å². The minimum absolute atomic E-state index is 0.103. The van der Waals surface area contributed by atoms with Gasteiger partial charge in [0, 0.05) is 5.56 Å². The molecule has 4 nitrogen and oxygen atoms in total. The van der Waals surface area contributed by atoms with Crippen molar-refractivity contribution >= 4 is 17.8 Å². The van der Waals surface area contributed by atoms with Crippen molar-refractivity contribution in [3.8, 4) is 5.75 Å². The number of methoxy groups -OCH3 is 1. The molecule has 0 aromatic heterocycles. The summed E-state index contributed by atoms with van der Waals surface area (Å²) in [4.78, 5) is 22.6. The second-order valence-electron chi connectivity index (χ2n) is 4.34. The van der Waals surface area contributed by atoms with Crippen molar-refractivity contribution in [1.29, 1.82) is 0 Å². The summed E-state index contributed by atoms with van der Waals surface area (Å²) < 4.78 is 5.07.